The molecule has 5 heteroatoms. The number of hydrogen-bond acceptors (Lipinski definition) is 3. The fourth-order valence-corrected chi connectivity index (χ4v) is 2.90. The first-order valence-electron chi connectivity index (χ1n) is 5.76. The fraction of sp³-hybridized carbons (Fsp3) is 0.462. The van der Waals surface area contributed by atoms with Crippen LogP contribution in [0.1, 0.15) is 31.2 Å². The van der Waals surface area contributed by atoms with Crippen LogP contribution < -0.4 is 4.74 Å². The van der Waals surface area contributed by atoms with Gasteiger partial charge in [0.1, 0.15) is 5.54 Å². The summed E-state index contributed by atoms with van der Waals surface area (Å²) in [5, 5.41) is 0.272. The molecule has 0 aliphatic heterocycles. The Morgan fingerprint density at radius 2 is 2.11 bits per heavy atom. The Hall–Kier alpha value is -1.38. The summed E-state index contributed by atoms with van der Waals surface area (Å²) >= 11 is 6.08. The van der Waals surface area contributed by atoms with Crippen molar-refractivity contribution >= 4 is 17.7 Å². The summed E-state index contributed by atoms with van der Waals surface area (Å²) in [5.74, 6) is -0.423. The van der Waals surface area contributed by atoms with E-state index in [-0.39, 0.29) is 16.3 Å². The highest BCUT2D eigenvalue weighted by molar-refractivity contribution is 6.31. The van der Waals surface area contributed by atoms with Crippen LogP contribution in [-0.2, 0) is 10.3 Å². The number of halogens is 2. The third-order valence-electron chi connectivity index (χ3n) is 3.43. The molecule has 1 aromatic carbocycles. The molecule has 0 saturated heterocycles. The predicted molar refractivity (Wildman–Crippen MR) is 66.2 cm³/mol. The van der Waals surface area contributed by atoms with E-state index >= 15 is 0 Å². The highest BCUT2D eigenvalue weighted by Crippen LogP contribution is 2.47. The van der Waals surface area contributed by atoms with Gasteiger partial charge >= 0.3 is 0 Å². The van der Waals surface area contributed by atoms with Crippen LogP contribution in [0.2, 0.25) is 5.02 Å². The number of methoxy groups -OCH3 is 1. The van der Waals surface area contributed by atoms with Gasteiger partial charge in [-0.15, -0.1) is 0 Å². The second-order valence-corrected chi connectivity index (χ2v) is 4.79. The summed E-state index contributed by atoms with van der Waals surface area (Å²) in [6.45, 7) is 0. The van der Waals surface area contributed by atoms with Crippen molar-refractivity contribution < 1.29 is 13.9 Å². The molecular formula is C13H13ClFNO2. The highest BCUT2D eigenvalue weighted by atomic mass is 35.5. The Balaban J connectivity index is 2.64. The molecule has 1 fully saturated rings. The van der Waals surface area contributed by atoms with Crippen molar-refractivity contribution in [2.24, 2.45) is 4.99 Å². The smallest absolute Gasteiger partial charge is 0.235 e. The van der Waals surface area contributed by atoms with E-state index in [1.165, 1.54) is 13.2 Å². The molecule has 0 atom stereocenters. The van der Waals surface area contributed by atoms with Crippen LogP contribution >= 0.6 is 11.6 Å². The molecule has 0 N–H and O–H groups in total. The minimum absolute atomic E-state index is 0.113. The molecule has 1 saturated carbocycles. The van der Waals surface area contributed by atoms with Crippen LogP contribution in [0.4, 0.5) is 4.39 Å². The molecule has 1 aromatic rings. The van der Waals surface area contributed by atoms with E-state index in [4.69, 9.17) is 16.3 Å². The Labute approximate surface area is 110 Å². The van der Waals surface area contributed by atoms with Crippen molar-refractivity contribution in [3.63, 3.8) is 0 Å². The van der Waals surface area contributed by atoms with Gasteiger partial charge < -0.3 is 4.74 Å². The first kappa shape index (κ1) is 13.1. The summed E-state index contributed by atoms with van der Waals surface area (Å²) in [6.07, 6.45) is 4.53. The van der Waals surface area contributed by atoms with E-state index in [1.54, 1.807) is 12.1 Å². The maximum absolute atomic E-state index is 14.4. The zero-order chi connectivity index (χ0) is 13.2. The van der Waals surface area contributed by atoms with Crippen molar-refractivity contribution in [3.05, 3.63) is 28.5 Å². The summed E-state index contributed by atoms with van der Waals surface area (Å²) in [4.78, 5) is 14.5. The molecule has 18 heavy (non-hydrogen) atoms. The molecule has 1 aliphatic carbocycles. The quantitative estimate of drug-likeness (QED) is 0.621. The monoisotopic (exact) mass is 269 g/mol. The zero-order valence-corrected chi connectivity index (χ0v) is 10.8. The van der Waals surface area contributed by atoms with E-state index in [2.05, 4.69) is 4.99 Å². The Morgan fingerprint density at radius 3 is 2.67 bits per heavy atom. The predicted octanol–water partition coefficient (Wildman–Crippen LogP) is 3.59. The van der Waals surface area contributed by atoms with Crippen molar-refractivity contribution in [2.45, 2.75) is 31.2 Å². The lowest BCUT2D eigenvalue weighted by atomic mass is 9.88. The molecule has 0 radical (unpaired) electrons. The lowest BCUT2D eigenvalue weighted by molar-refractivity contribution is 0.368. The average molecular weight is 270 g/mol. The number of benzene rings is 1. The van der Waals surface area contributed by atoms with E-state index in [0.29, 0.717) is 12.8 Å². The molecule has 0 aromatic heterocycles. The van der Waals surface area contributed by atoms with Gasteiger partial charge in [-0.05, 0) is 25.0 Å². The normalized spacial score (nSPS) is 17.3. The molecule has 1 aliphatic rings. The van der Waals surface area contributed by atoms with Crippen molar-refractivity contribution in [2.75, 3.05) is 7.11 Å². The summed E-state index contributed by atoms with van der Waals surface area (Å²) < 4.78 is 19.3. The zero-order valence-electron chi connectivity index (χ0n) is 10.0. The number of isocyanates is 1. The van der Waals surface area contributed by atoms with E-state index in [9.17, 15) is 9.18 Å². The van der Waals surface area contributed by atoms with E-state index < -0.39 is 11.4 Å². The summed E-state index contributed by atoms with van der Waals surface area (Å²) in [7, 11) is 1.39. The maximum Gasteiger partial charge on any atom is 0.235 e. The Kier molecular flexibility index (Phi) is 3.69. The van der Waals surface area contributed by atoms with Crippen LogP contribution in [0.3, 0.4) is 0 Å². The second kappa shape index (κ2) is 5.09. The molecular weight excluding hydrogens is 257 g/mol. The summed E-state index contributed by atoms with van der Waals surface area (Å²) in [6, 6.07) is 3.04. The maximum atomic E-state index is 14.4. The largest absolute Gasteiger partial charge is 0.494 e. The Morgan fingerprint density at radius 1 is 1.44 bits per heavy atom. The van der Waals surface area contributed by atoms with E-state index in [1.807, 2.05) is 0 Å². The van der Waals surface area contributed by atoms with Gasteiger partial charge in [-0.25, -0.2) is 9.18 Å². The topological polar surface area (TPSA) is 38.7 Å². The molecule has 0 amide bonds. The third kappa shape index (κ3) is 2.02. The molecule has 0 bridgehead atoms. The van der Waals surface area contributed by atoms with Gasteiger partial charge in [0.25, 0.3) is 0 Å². The van der Waals surface area contributed by atoms with Crippen LogP contribution in [0.5, 0.6) is 5.75 Å². The fourth-order valence-electron chi connectivity index (χ4n) is 2.58. The average Bonchev–Trinajstić information content (AvgIpc) is 2.79. The number of aliphatic imine (C=N–C) groups is 1. The molecule has 2 rings (SSSR count). The van der Waals surface area contributed by atoms with Crippen LogP contribution in [-0.4, -0.2) is 13.2 Å². The molecule has 0 heterocycles. The van der Waals surface area contributed by atoms with Crippen molar-refractivity contribution in [1.29, 1.82) is 0 Å². The van der Waals surface area contributed by atoms with Crippen LogP contribution in [0, 0.1) is 5.82 Å². The Bertz CT molecular complexity index is 506. The lowest BCUT2D eigenvalue weighted by Gasteiger charge is -2.25. The minimum atomic E-state index is -0.878. The van der Waals surface area contributed by atoms with Gasteiger partial charge in [-0.3, -0.25) is 0 Å². The highest BCUT2D eigenvalue weighted by Gasteiger charge is 2.40. The van der Waals surface area contributed by atoms with Gasteiger partial charge in [0.15, 0.2) is 11.6 Å². The number of hydrogen-bond donors (Lipinski definition) is 0. The van der Waals surface area contributed by atoms with Crippen LogP contribution in [0.15, 0.2) is 17.1 Å². The lowest BCUT2D eigenvalue weighted by Crippen LogP contribution is -2.21. The number of ether oxygens (including phenoxy) is 1. The first-order valence-corrected chi connectivity index (χ1v) is 6.14. The SMILES string of the molecule is COc1ccc(Cl)c(C2(N=C=O)CCCC2)c1F. The molecule has 96 valence electrons. The minimum Gasteiger partial charge on any atom is -0.494 e. The van der Waals surface area contributed by atoms with Gasteiger partial charge in [-0.2, -0.15) is 4.99 Å². The van der Waals surface area contributed by atoms with Crippen LogP contribution in [0.25, 0.3) is 0 Å². The number of nitrogens with zero attached hydrogens (tertiary/aromatic N) is 1. The number of carbonyl (C=O) groups excluding carboxylic acids is 1. The standard InChI is InChI=1S/C13H13ClFNO2/c1-18-10-5-4-9(14)11(12(10)15)13(16-8-17)6-2-3-7-13/h4-5H,2-3,6-7H2,1H3. The summed E-state index contributed by atoms with van der Waals surface area (Å²) in [5.41, 5.74) is -0.623. The number of rotatable bonds is 3. The van der Waals surface area contributed by atoms with Gasteiger partial charge in [-0.1, -0.05) is 24.4 Å². The van der Waals surface area contributed by atoms with Gasteiger partial charge in [0.05, 0.1) is 7.11 Å². The molecule has 0 unspecified atom stereocenters. The second-order valence-electron chi connectivity index (χ2n) is 4.38. The molecule has 0 spiro atoms. The van der Waals surface area contributed by atoms with Crippen molar-refractivity contribution in [3.8, 4) is 5.75 Å². The van der Waals surface area contributed by atoms with Crippen molar-refractivity contribution in [1.82, 2.24) is 0 Å². The van der Waals surface area contributed by atoms with Gasteiger partial charge in [0.2, 0.25) is 6.08 Å². The third-order valence-corrected chi connectivity index (χ3v) is 3.75. The molecule has 3 nitrogen and oxygen atoms in total. The van der Waals surface area contributed by atoms with E-state index in [0.717, 1.165) is 12.8 Å². The van der Waals surface area contributed by atoms with Gasteiger partial charge in [0, 0.05) is 10.6 Å². The first-order chi connectivity index (χ1) is 8.64.